The third-order valence-electron chi connectivity index (χ3n) is 9.11. The molecule has 0 atom stereocenters. The van der Waals surface area contributed by atoms with Crippen molar-refractivity contribution in [3.05, 3.63) is 82.4 Å². The van der Waals surface area contributed by atoms with Crippen LogP contribution in [0.15, 0.2) is 48.5 Å². The molecule has 222 valence electrons. The molecule has 0 bridgehead atoms. The molecule has 2 nitrogen and oxygen atoms in total. The fourth-order valence-corrected chi connectivity index (χ4v) is 7.62. The van der Waals surface area contributed by atoms with Crippen molar-refractivity contribution in [1.29, 1.82) is 0 Å². The van der Waals surface area contributed by atoms with E-state index in [0.29, 0.717) is 34.3 Å². The van der Waals surface area contributed by atoms with Gasteiger partial charge in [0.05, 0.1) is 10.2 Å². The van der Waals surface area contributed by atoms with E-state index in [1.807, 2.05) is 12.1 Å². The average molecular weight is 604 g/mol. The minimum absolute atomic E-state index is 0.277. The first-order chi connectivity index (χ1) is 20.1. The first kappa shape index (κ1) is 29.0. The molecule has 1 heterocycles. The predicted molar refractivity (Wildman–Crippen MR) is 152 cm³/mol. The van der Waals surface area contributed by atoms with Crippen LogP contribution in [-0.4, -0.2) is 4.98 Å². The lowest BCUT2D eigenvalue weighted by molar-refractivity contribution is -0.185. The van der Waals surface area contributed by atoms with E-state index in [2.05, 4.69) is 11.9 Å². The number of aromatic nitrogens is 1. The summed E-state index contributed by atoms with van der Waals surface area (Å²) in [6, 6.07) is 9.75. The number of thiazole rings is 1. The van der Waals surface area contributed by atoms with Gasteiger partial charge in [0, 0.05) is 11.6 Å². The first-order valence-corrected chi connectivity index (χ1v) is 15.3. The molecule has 3 aromatic carbocycles. The van der Waals surface area contributed by atoms with Crippen LogP contribution in [0, 0.1) is 41.0 Å². The number of fused-ring (bicyclic) bond motifs is 1. The minimum atomic E-state index is -3.85. The average Bonchev–Trinajstić information content (AvgIpc) is 3.41. The van der Waals surface area contributed by atoms with Gasteiger partial charge in [0.1, 0.15) is 11.6 Å². The molecule has 0 N–H and O–H groups in total. The topological polar surface area (TPSA) is 22.1 Å². The van der Waals surface area contributed by atoms with Crippen LogP contribution in [0.5, 0.6) is 5.75 Å². The van der Waals surface area contributed by atoms with Gasteiger partial charge in [-0.1, -0.05) is 25.8 Å². The van der Waals surface area contributed by atoms with Crippen LogP contribution >= 0.6 is 11.3 Å². The van der Waals surface area contributed by atoms with Gasteiger partial charge >= 0.3 is 6.11 Å². The summed E-state index contributed by atoms with van der Waals surface area (Å²) in [5.41, 5.74) is 1.01. The Bertz CT molecular complexity index is 1560. The molecule has 42 heavy (non-hydrogen) atoms. The van der Waals surface area contributed by atoms with E-state index in [0.717, 1.165) is 59.6 Å². The Kier molecular flexibility index (Phi) is 7.98. The highest BCUT2D eigenvalue weighted by molar-refractivity contribution is 7.18. The van der Waals surface area contributed by atoms with Gasteiger partial charge in [0.15, 0.2) is 17.5 Å². The number of halogens is 6. The van der Waals surface area contributed by atoms with Crippen molar-refractivity contribution in [3.63, 3.8) is 0 Å². The maximum absolute atomic E-state index is 15.1. The lowest BCUT2D eigenvalue weighted by Gasteiger charge is -2.37. The molecule has 2 aliphatic rings. The monoisotopic (exact) mass is 603 g/mol. The maximum atomic E-state index is 15.1. The van der Waals surface area contributed by atoms with Gasteiger partial charge in [-0.15, -0.1) is 11.3 Å². The Morgan fingerprint density at radius 1 is 0.762 bits per heavy atom. The summed E-state index contributed by atoms with van der Waals surface area (Å²) in [7, 11) is 0. The highest BCUT2D eigenvalue weighted by Crippen LogP contribution is 2.45. The molecular formula is C33H31F6NOS. The highest BCUT2D eigenvalue weighted by atomic mass is 32.1. The second-order valence-corrected chi connectivity index (χ2v) is 12.9. The Hall–Kier alpha value is -3.07. The number of rotatable bonds is 6. The zero-order chi connectivity index (χ0) is 29.6. The number of hydrogen-bond acceptors (Lipinski definition) is 3. The minimum Gasteiger partial charge on any atom is -0.427 e. The normalized spacial score (nSPS) is 23.3. The molecule has 0 radical (unpaired) electrons. The van der Waals surface area contributed by atoms with E-state index in [1.54, 1.807) is 6.07 Å². The standard InChI is InChI=1S/C33H31F6NOS/c1-18-2-4-19(5-3-18)20-6-8-21(9-7-20)22-10-13-29-30(16-22)42-32(40-29)33(38,39)41-24-11-12-25(26(34)17-24)23-14-27(35)31(37)28(36)15-23/h10-21H,2-9H2,1H3. The summed E-state index contributed by atoms with van der Waals surface area (Å²) in [5, 5.41) is -0.558. The lowest BCUT2D eigenvalue weighted by atomic mass is 9.68. The van der Waals surface area contributed by atoms with Crippen molar-refractivity contribution in [1.82, 2.24) is 4.98 Å². The molecule has 0 spiro atoms. The molecule has 2 aliphatic carbocycles. The van der Waals surface area contributed by atoms with Crippen LogP contribution in [-0.2, 0) is 6.11 Å². The molecule has 9 heteroatoms. The summed E-state index contributed by atoms with van der Waals surface area (Å²) in [4.78, 5) is 4.09. The van der Waals surface area contributed by atoms with Crippen molar-refractivity contribution in [2.75, 3.05) is 0 Å². The Morgan fingerprint density at radius 3 is 2.05 bits per heavy atom. The van der Waals surface area contributed by atoms with Crippen LogP contribution in [0.3, 0.4) is 0 Å². The summed E-state index contributed by atoms with van der Waals surface area (Å²) < 4.78 is 91.0. The van der Waals surface area contributed by atoms with Gasteiger partial charge in [0.2, 0.25) is 5.01 Å². The second-order valence-electron chi connectivity index (χ2n) is 11.9. The van der Waals surface area contributed by atoms with Crippen LogP contribution in [0.2, 0.25) is 0 Å². The van der Waals surface area contributed by atoms with E-state index in [9.17, 15) is 17.6 Å². The third kappa shape index (κ3) is 5.90. The van der Waals surface area contributed by atoms with E-state index >= 15 is 8.78 Å². The molecule has 0 unspecified atom stereocenters. The SMILES string of the molecule is CC1CCC(C2CCC(c3ccc4nc(C(F)(F)Oc5ccc(-c6cc(F)c(F)c(F)c6)c(F)c5)sc4c3)CC2)CC1. The largest absolute Gasteiger partial charge is 0.454 e. The highest BCUT2D eigenvalue weighted by Gasteiger charge is 2.39. The smallest absolute Gasteiger partial charge is 0.427 e. The van der Waals surface area contributed by atoms with Crippen molar-refractivity contribution in [2.24, 2.45) is 17.8 Å². The van der Waals surface area contributed by atoms with Gasteiger partial charge in [0.25, 0.3) is 0 Å². The molecule has 6 rings (SSSR count). The van der Waals surface area contributed by atoms with Crippen LogP contribution < -0.4 is 4.74 Å². The van der Waals surface area contributed by atoms with Gasteiger partial charge in [-0.25, -0.2) is 22.5 Å². The van der Waals surface area contributed by atoms with Crippen molar-refractivity contribution < 1.29 is 31.1 Å². The maximum Gasteiger partial charge on any atom is 0.454 e. The molecule has 0 saturated heterocycles. The second kappa shape index (κ2) is 11.5. The third-order valence-corrected chi connectivity index (χ3v) is 10.2. The Morgan fingerprint density at radius 2 is 1.40 bits per heavy atom. The number of alkyl halides is 2. The summed E-state index contributed by atoms with van der Waals surface area (Å²) in [5.74, 6) is -3.33. The van der Waals surface area contributed by atoms with E-state index in [1.165, 1.54) is 38.5 Å². The quantitative estimate of drug-likeness (QED) is 0.162. The zero-order valence-electron chi connectivity index (χ0n) is 23.1. The number of ether oxygens (including phenoxy) is 1. The van der Waals surface area contributed by atoms with Crippen molar-refractivity contribution in [2.45, 2.75) is 70.3 Å². The molecular weight excluding hydrogens is 572 g/mol. The van der Waals surface area contributed by atoms with Gasteiger partial charge in [-0.05, 0) is 110 Å². The molecule has 2 fully saturated rings. The van der Waals surface area contributed by atoms with Crippen molar-refractivity contribution in [3.8, 4) is 16.9 Å². The summed E-state index contributed by atoms with van der Waals surface area (Å²) >= 11 is 0.835. The Labute approximate surface area is 244 Å². The van der Waals surface area contributed by atoms with Crippen LogP contribution in [0.25, 0.3) is 21.3 Å². The number of hydrogen-bond donors (Lipinski definition) is 0. The van der Waals surface area contributed by atoms with Crippen LogP contribution in [0.1, 0.15) is 74.8 Å². The van der Waals surface area contributed by atoms with Gasteiger partial charge in [-0.3, -0.25) is 0 Å². The summed E-state index contributed by atoms with van der Waals surface area (Å²) in [6.07, 6.45) is 6.13. The lowest BCUT2D eigenvalue weighted by Crippen LogP contribution is -2.24. The fourth-order valence-electron chi connectivity index (χ4n) is 6.70. The number of nitrogens with zero attached hydrogens (tertiary/aromatic N) is 1. The van der Waals surface area contributed by atoms with Crippen molar-refractivity contribution >= 4 is 21.6 Å². The Balaban J connectivity index is 1.14. The predicted octanol–water partition coefficient (Wildman–Crippen LogP) is 10.7. The number of benzene rings is 3. The van der Waals surface area contributed by atoms with Gasteiger partial charge < -0.3 is 4.74 Å². The molecule has 1 aromatic heterocycles. The first-order valence-electron chi connectivity index (χ1n) is 14.5. The van der Waals surface area contributed by atoms with Crippen LogP contribution in [0.4, 0.5) is 26.3 Å². The summed E-state index contributed by atoms with van der Waals surface area (Å²) in [6.45, 7) is 2.35. The molecule has 0 amide bonds. The molecule has 0 aliphatic heterocycles. The fraction of sp³-hybridized carbons (Fsp3) is 0.424. The molecule has 4 aromatic rings. The van der Waals surface area contributed by atoms with E-state index < -0.39 is 40.1 Å². The molecule has 2 saturated carbocycles. The van der Waals surface area contributed by atoms with Gasteiger partial charge in [-0.2, -0.15) is 8.78 Å². The zero-order valence-corrected chi connectivity index (χ0v) is 23.9. The van der Waals surface area contributed by atoms with E-state index in [4.69, 9.17) is 4.74 Å². The van der Waals surface area contributed by atoms with E-state index in [-0.39, 0.29) is 11.1 Å².